The van der Waals surface area contributed by atoms with Gasteiger partial charge < -0.3 is 9.47 Å². The van der Waals surface area contributed by atoms with Crippen LogP contribution in [-0.4, -0.2) is 18.7 Å². The van der Waals surface area contributed by atoms with E-state index in [4.69, 9.17) is 9.47 Å². The highest BCUT2D eigenvalue weighted by atomic mass is 19.1. The maximum absolute atomic E-state index is 13.4. The van der Waals surface area contributed by atoms with E-state index in [1.165, 1.54) is 25.3 Å². The van der Waals surface area contributed by atoms with Crippen LogP contribution in [0.25, 0.3) is 0 Å². The Kier molecular flexibility index (Phi) is 3.52. The number of benzene rings is 1. The summed E-state index contributed by atoms with van der Waals surface area (Å²) in [6.45, 7) is 5.18. The van der Waals surface area contributed by atoms with Gasteiger partial charge in [0.2, 0.25) is 0 Å². The summed E-state index contributed by atoms with van der Waals surface area (Å²) >= 11 is 0. The summed E-state index contributed by atoms with van der Waals surface area (Å²) in [6.07, 6.45) is 0. The fourth-order valence-electron chi connectivity index (χ4n) is 1.12. The molecule has 0 fully saturated rings. The Morgan fingerprint density at radius 3 is 2.44 bits per heavy atom. The van der Waals surface area contributed by atoms with Crippen molar-refractivity contribution >= 4 is 5.97 Å². The number of hydrogen-bond acceptors (Lipinski definition) is 3. The molecular formula is C12H15FO3. The zero-order valence-corrected chi connectivity index (χ0v) is 9.83. The molecule has 0 atom stereocenters. The minimum atomic E-state index is -0.691. The molecule has 3 nitrogen and oxygen atoms in total. The van der Waals surface area contributed by atoms with Crippen molar-refractivity contribution in [1.82, 2.24) is 0 Å². The van der Waals surface area contributed by atoms with E-state index in [9.17, 15) is 9.18 Å². The second kappa shape index (κ2) is 4.51. The van der Waals surface area contributed by atoms with Gasteiger partial charge in [-0.1, -0.05) is 0 Å². The van der Waals surface area contributed by atoms with Crippen molar-refractivity contribution in [3.05, 3.63) is 29.6 Å². The van der Waals surface area contributed by atoms with Crippen LogP contribution in [0.4, 0.5) is 4.39 Å². The van der Waals surface area contributed by atoms with Gasteiger partial charge in [0.25, 0.3) is 0 Å². The number of rotatable bonds is 2. The van der Waals surface area contributed by atoms with E-state index >= 15 is 0 Å². The van der Waals surface area contributed by atoms with Crippen LogP contribution in [0, 0.1) is 5.82 Å². The second-order valence-corrected chi connectivity index (χ2v) is 4.35. The largest absolute Gasteiger partial charge is 0.497 e. The molecule has 0 aromatic heterocycles. The van der Waals surface area contributed by atoms with Gasteiger partial charge in [-0.15, -0.1) is 0 Å². The monoisotopic (exact) mass is 226 g/mol. The molecule has 4 heteroatoms. The van der Waals surface area contributed by atoms with E-state index in [0.29, 0.717) is 5.75 Å². The standard InChI is InChI=1S/C12H15FO3/c1-12(2,3)16-11(14)9-7-8(15-4)5-6-10(9)13/h5-7H,1-4H3. The van der Waals surface area contributed by atoms with E-state index in [-0.39, 0.29) is 5.56 Å². The second-order valence-electron chi connectivity index (χ2n) is 4.35. The van der Waals surface area contributed by atoms with Crippen molar-refractivity contribution in [2.24, 2.45) is 0 Å². The molecule has 0 aliphatic carbocycles. The van der Waals surface area contributed by atoms with Crippen LogP contribution >= 0.6 is 0 Å². The molecule has 0 amide bonds. The Balaban J connectivity index is 2.98. The summed E-state index contributed by atoms with van der Waals surface area (Å²) in [6, 6.07) is 3.95. The van der Waals surface area contributed by atoms with Gasteiger partial charge in [0, 0.05) is 0 Å². The van der Waals surface area contributed by atoms with Gasteiger partial charge in [0.05, 0.1) is 12.7 Å². The first kappa shape index (κ1) is 12.5. The van der Waals surface area contributed by atoms with Crippen molar-refractivity contribution < 1.29 is 18.7 Å². The Hall–Kier alpha value is -1.58. The van der Waals surface area contributed by atoms with Gasteiger partial charge in [-0.05, 0) is 39.0 Å². The van der Waals surface area contributed by atoms with Gasteiger partial charge in [-0.25, -0.2) is 9.18 Å². The molecule has 0 saturated carbocycles. The molecule has 0 N–H and O–H groups in total. The van der Waals surface area contributed by atoms with E-state index in [2.05, 4.69) is 0 Å². The molecule has 0 aliphatic heterocycles. The fourth-order valence-corrected chi connectivity index (χ4v) is 1.12. The van der Waals surface area contributed by atoms with Crippen molar-refractivity contribution in [2.75, 3.05) is 7.11 Å². The minimum absolute atomic E-state index is 0.116. The predicted octanol–water partition coefficient (Wildman–Crippen LogP) is 2.79. The molecule has 16 heavy (non-hydrogen) atoms. The lowest BCUT2D eigenvalue weighted by atomic mass is 10.1. The third-order valence-corrected chi connectivity index (χ3v) is 1.79. The number of carbonyl (C=O) groups excluding carboxylic acids is 1. The van der Waals surface area contributed by atoms with Crippen molar-refractivity contribution in [2.45, 2.75) is 26.4 Å². The van der Waals surface area contributed by atoms with Crippen molar-refractivity contribution in [1.29, 1.82) is 0 Å². The van der Waals surface area contributed by atoms with Crippen LogP contribution in [0.2, 0.25) is 0 Å². The lowest BCUT2D eigenvalue weighted by Gasteiger charge is -2.19. The maximum Gasteiger partial charge on any atom is 0.341 e. The van der Waals surface area contributed by atoms with E-state index in [0.717, 1.165) is 0 Å². The molecule has 0 saturated heterocycles. The number of esters is 1. The van der Waals surface area contributed by atoms with Crippen molar-refractivity contribution in [3.63, 3.8) is 0 Å². The van der Waals surface area contributed by atoms with E-state index in [1.54, 1.807) is 20.8 Å². The first-order chi connectivity index (χ1) is 7.33. The number of hydrogen-bond donors (Lipinski definition) is 0. The Labute approximate surface area is 94.2 Å². The van der Waals surface area contributed by atoms with Gasteiger partial charge in [0.1, 0.15) is 17.2 Å². The maximum atomic E-state index is 13.4. The molecule has 1 aromatic carbocycles. The zero-order valence-electron chi connectivity index (χ0n) is 9.83. The Morgan fingerprint density at radius 1 is 1.31 bits per heavy atom. The molecule has 0 aliphatic rings. The van der Waals surface area contributed by atoms with E-state index in [1.807, 2.05) is 0 Å². The minimum Gasteiger partial charge on any atom is -0.497 e. The summed E-state index contributed by atoms with van der Waals surface area (Å²) in [7, 11) is 1.45. The lowest BCUT2D eigenvalue weighted by Crippen LogP contribution is -2.24. The van der Waals surface area contributed by atoms with Gasteiger partial charge in [-0.2, -0.15) is 0 Å². The highest BCUT2D eigenvalue weighted by Crippen LogP contribution is 2.19. The highest BCUT2D eigenvalue weighted by molar-refractivity contribution is 5.90. The van der Waals surface area contributed by atoms with Crippen LogP contribution < -0.4 is 4.74 Å². The average molecular weight is 226 g/mol. The van der Waals surface area contributed by atoms with E-state index < -0.39 is 17.4 Å². The number of ether oxygens (including phenoxy) is 2. The van der Waals surface area contributed by atoms with Crippen LogP contribution in [0.15, 0.2) is 18.2 Å². The molecule has 0 radical (unpaired) electrons. The summed E-state index contributed by atoms with van der Waals surface area (Å²) in [5, 5.41) is 0. The smallest absolute Gasteiger partial charge is 0.341 e. The molecule has 0 spiro atoms. The third kappa shape index (κ3) is 3.22. The summed E-state index contributed by atoms with van der Waals surface area (Å²) in [4.78, 5) is 11.6. The SMILES string of the molecule is COc1ccc(F)c(C(=O)OC(C)(C)C)c1. The summed E-state index contributed by atoms with van der Waals surface area (Å²) < 4.78 is 23.4. The van der Waals surface area contributed by atoms with Crippen LogP contribution in [0.3, 0.4) is 0 Å². The van der Waals surface area contributed by atoms with Crippen LogP contribution in [0.5, 0.6) is 5.75 Å². The molecule has 0 heterocycles. The number of methoxy groups -OCH3 is 1. The zero-order chi connectivity index (χ0) is 12.3. The van der Waals surface area contributed by atoms with Gasteiger partial charge in [-0.3, -0.25) is 0 Å². The third-order valence-electron chi connectivity index (χ3n) is 1.79. The summed E-state index contributed by atoms with van der Waals surface area (Å²) in [5.41, 5.74) is -0.763. The normalized spacial score (nSPS) is 11.1. The average Bonchev–Trinajstić information content (AvgIpc) is 2.15. The molecule has 1 rings (SSSR count). The quantitative estimate of drug-likeness (QED) is 0.727. The molecule has 0 unspecified atom stereocenters. The first-order valence-electron chi connectivity index (χ1n) is 4.90. The lowest BCUT2D eigenvalue weighted by molar-refractivity contribution is 0.00643. The van der Waals surface area contributed by atoms with Gasteiger partial charge >= 0.3 is 5.97 Å². The first-order valence-corrected chi connectivity index (χ1v) is 4.90. The Bertz CT molecular complexity index is 394. The fraction of sp³-hybridized carbons (Fsp3) is 0.417. The van der Waals surface area contributed by atoms with Gasteiger partial charge in [0.15, 0.2) is 0 Å². The molecule has 1 aromatic rings. The van der Waals surface area contributed by atoms with Crippen molar-refractivity contribution in [3.8, 4) is 5.75 Å². The molecule has 0 bridgehead atoms. The topological polar surface area (TPSA) is 35.5 Å². The van der Waals surface area contributed by atoms with Crippen LogP contribution in [-0.2, 0) is 4.74 Å². The van der Waals surface area contributed by atoms with Crippen LogP contribution in [0.1, 0.15) is 31.1 Å². The number of halogens is 1. The predicted molar refractivity (Wildman–Crippen MR) is 58.1 cm³/mol. The number of carbonyl (C=O) groups is 1. The molecule has 88 valence electrons. The molecular weight excluding hydrogens is 211 g/mol. The Morgan fingerprint density at radius 2 is 1.94 bits per heavy atom. The highest BCUT2D eigenvalue weighted by Gasteiger charge is 2.21. The summed E-state index contributed by atoms with van der Waals surface area (Å²) in [5.74, 6) is -0.888.